The van der Waals surface area contributed by atoms with Gasteiger partial charge in [-0.3, -0.25) is 5.73 Å². The van der Waals surface area contributed by atoms with E-state index in [-0.39, 0.29) is 26.9 Å². The average molecular weight is 404 g/mol. The van der Waals surface area contributed by atoms with E-state index in [9.17, 15) is 23.1 Å². The number of benzene rings is 2. The summed E-state index contributed by atoms with van der Waals surface area (Å²) in [7, 11) is 0. The second-order valence-corrected chi connectivity index (χ2v) is 5.90. The van der Waals surface area contributed by atoms with Gasteiger partial charge in [-0.25, -0.2) is 4.79 Å². The van der Waals surface area contributed by atoms with Gasteiger partial charge < -0.3 is 9.84 Å². The van der Waals surface area contributed by atoms with Gasteiger partial charge in [0.05, 0.1) is 15.6 Å². The standard InChI is InChI=1S/C16H13BrF3NO3/c1-8(21)24-14-12(6-10(15(22)23)7-13(14)17)9-3-2-4-11(5-9)16(18,19)20/h2-8H,21H2,1H3,(H,22,23). The van der Waals surface area contributed by atoms with Crippen molar-refractivity contribution < 1.29 is 27.8 Å². The lowest BCUT2D eigenvalue weighted by atomic mass is 9.99. The second-order valence-electron chi connectivity index (χ2n) is 5.04. The zero-order chi connectivity index (χ0) is 18.1. The molecule has 0 radical (unpaired) electrons. The fourth-order valence-electron chi connectivity index (χ4n) is 2.10. The normalized spacial score (nSPS) is 12.8. The van der Waals surface area contributed by atoms with Gasteiger partial charge in [-0.15, -0.1) is 0 Å². The predicted molar refractivity (Wildman–Crippen MR) is 85.8 cm³/mol. The summed E-state index contributed by atoms with van der Waals surface area (Å²) in [4.78, 5) is 11.2. The Morgan fingerprint density at radius 1 is 1.29 bits per heavy atom. The molecule has 24 heavy (non-hydrogen) atoms. The van der Waals surface area contributed by atoms with Gasteiger partial charge in [0.1, 0.15) is 12.0 Å². The van der Waals surface area contributed by atoms with Crippen LogP contribution >= 0.6 is 15.9 Å². The summed E-state index contributed by atoms with van der Waals surface area (Å²) < 4.78 is 44.5. The molecule has 2 aromatic carbocycles. The molecule has 2 rings (SSSR count). The molecule has 8 heteroatoms. The molecule has 0 heterocycles. The Morgan fingerprint density at radius 3 is 2.50 bits per heavy atom. The van der Waals surface area contributed by atoms with Gasteiger partial charge in [0.2, 0.25) is 0 Å². The third kappa shape index (κ3) is 4.07. The molecule has 0 aliphatic heterocycles. The molecule has 0 aromatic heterocycles. The minimum atomic E-state index is -4.51. The van der Waals surface area contributed by atoms with E-state index in [0.29, 0.717) is 0 Å². The molecule has 0 amide bonds. The zero-order valence-electron chi connectivity index (χ0n) is 12.4. The van der Waals surface area contributed by atoms with E-state index in [1.165, 1.54) is 24.3 Å². The smallest absolute Gasteiger partial charge is 0.416 e. The van der Waals surface area contributed by atoms with Crippen molar-refractivity contribution in [3.05, 3.63) is 52.0 Å². The van der Waals surface area contributed by atoms with E-state index >= 15 is 0 Å². The molecule has 128 valence electrons. The van der Waals surface area contributed by atoms with Crippen LogP contribution in [0, 0.1) is 0 Å². The second kappa shape index (κ2) is 6.82. The number of carboxylic acids is 1. The van der Waals surface area contributed by atoms with Crippen molar-refractivity contribution in [2.24, 2.45) is 5.73 Å². The fourth-order valence-corrected chi connectivity index (χ4v) is 2.65. The first kappa shape index (κ1) is 18.3. The molecule has 0 bridgehead atoms. The monoisotopic (exact) mass is 403 g/mol. The van der Waals surface area contributed by atoms with Crippen molar-refractivity contribution in [1.82, 2.24) is 0 Å². The summed E-state index contributed by atoms with van der Waals surface area (Å²) in [6, 6.07) is 7.11. The van der Waals surface area contributed by atoms with Gasteiger partial charge in [0.25, 0.3) is 0 Å². The highest BCUT2D eigenvalue weighted by Crippen LogP contribution is 2.40. The highest BCUT2D eigenvalue weighted by atomic mass is 79.9. The highest BCUT2D eigenvalue weighted by Gasteiger charge is 2.31. The van der Waals surface area contributed by atoms with Crippen molar-refractivity contribution >= 4 is 21.9 Å². The molecule has 3 N–H and O–H groups in total. The van der Waals surface area contributed by atoms with Crippen molar-refractivity contribution in [3.63, 3.8) is 0 Å². The summed E-state index contributed by atoms with van der Waals surface area (Å²) in [5.74, 6) is -1.04. The Labute approximate surface area is 144 Å². The number of hydrogen-bond donors (Lipinski definition) is 2. The van der Waals surface area contributed by atoms with Gasteiger partial charge >= 0.3 is 12.1 Å². The maximum absolute atomic E-state index is 12.9. The molecule has 2 aromatic rings. The van der Waals surface area contributed by atoms with Crippen LogP contribution in [0.5, 0.6) is 5.75 Å². The lowest BCUT2D eigenvalue weighted by Crippen LogP contribution is -2.23. The quantitative estimate of drug-likeness (QED) is 0.736. The topological polar surface area (TPSA) is 72.5 Å². The first-order valence-corrected chi connectivity index (χ1v) is 7.55. The SMILES string of the molecule is CC(N)Oc1c(Br)cc(C(=O)O)cc1-c1cccc(C(F)(F)F)c1. The molecule has 0 aliphatic rings. The van der Waals surface area contributed by atoms with Crippen molar-refractivity contribution in [1.29, 1.82) is 0 Å². The Hall–Kier alpha value is -2.06. The third-order valence-corrected chi connectivity index (χ3v) is 3.68. The number of alkyl halides is 3. The minimum absolute atomic E-state index is 0.0914. The van der Waals surface area contributed by atoms with E-state index in [2.05, 4.69) is 15.9 Å². The van der Waals surface area contributed by atoms with Crippen LogP contribution in [0.1, 0.15) is 22.8 Å². The highest BCUT2D eigenvalue weighted by molar-refractivity contribution is 9.10. The molecule has 4 nitrogen and oxygen atoms in total. The van der Waals surface area contributed by atoms with Crippen LogP contribution in [0.2, 0.25) is 0 Å². The number of carboxylic acid groups (broad SMARTS) is 1. The first-order chi connectivity index (χ1) is 11.1. The predicted octanol–water partition coefficient (Wildman–Crippen LogP) is 4.52. The number of aromatic carboxylic acids is 1. The Balaban J connectivity index is 2.69. The van der Waals surface area contributed by atoms with E-state index < -0.39 is 23.9 Å². The molecular formula is C16H13BrF3NO3. The molecule has 0 aliphatic carbocycles. The maximum atomic E-state index is 12.9. The summed E-state index contributed by atoms with van der Waals surface area (Å²) in [6.45, 7) is 1.55. The van der Waals surface area contributed by atoms with Crippen molar-refractivity contribution in [2.45, 2.75) is 19.3 Å². The number of hydrogen-bond acceptors (Lipinski definition) is 3. The van der Waals surface area contributed by atoms with Crippen LogP contribution in [0.4, 0.5) is 13.2 Å². The summed E-state index contributed by atoms with van der Waals surface area (Å²) >= 11 is 3.18. The Morgan fingerprint density at radius 2 is 1.96 bits per heavy atom. The van der Waals surface area contributed by atoms with Crippen LogP contribution in [-0.2, 0) is 6.18 Å². The lowest BCUT2D eigenvalue weighted by molar-refractivity contribution is -0.137. The van der Waals surface area contributed by atoms with Crippen molar-refractivity contribution in [2.75, 3.05) is 0 Å². The lowest BCUT2D eigenvalue weighted by Gasteiger charge is -2.17. The zero-order valence-corrected chi connectivity index (χ0v) is 14.0. The number of carbonyl (C=O) groups is 1. The van der Waals surface area contributed by atoms with E-state index in [1.54, 1.807) is 6.92 Å². The number of rotatable bonds is 4. The largest absolute Gasteiger partial charge is 0.478 e. The fraction of sp³-hybridized carbons (Fsp3) is 0.188. The maximum Gasteiger partial charge on any atom is 0.416 e. The van der Waals surface area contributed by atoms with Gasteiger partial charge in [-0.2, -0.15) is 13.2 Å². The number of ether oxygens (including phenoxy) is 1. The minimum Gasteiger partial charge on any atom is -0.478 e. The molecule has 1 unspecified atom stereocenters. The third-order valence-electron chi connectivity index (χ3n) is 3.10. The van der Waals surface area contributed by atoms with Gasteiger partial charge in [0, 0.05) is 5.56 Å². The Bertz CT molecular complexity index is 776. The average Bonchev–Trinajstić information content (AvgIpc) is 2.47. The van der Waals surface area contributed by atoms with Crippen LogP contribution in [0.15, 0.2) is 40.9 Å². The molecule has 0 fully saturated rings. The number of halogens is 4. The molecule has 0 saturated heterocycles. The van der Waals surface area contributed by atoms with E-state index in [1.807, 2.05) is 0 Å². The molecule has 0 saturated carbocycles. The van der Waals surface area contributed by atoms with Gasteiger partial charge in [-0.1, -0.05) is 12.1 Å². The van der Waals surface area contributed by atoms with E-state index in [4.69, 9.17) is 10.5 Å². The molecule has 0 spiro atoms. The van der Waals surface area contributed by atoms with Gasteiger partial charge in [-0.05, 0) is 52.7 Å². The summed E-state index contributed by atoms with van der Waals surface area (Å²) in [5, 5.41) is 9.17. The van der Waals surface area contributed by atoms with Crippen LogP contribution < -0.4 is 10.5 Å². The van der Waals surface area contributed by atoms with E-state index in [0.717, 1.165) is 12.1 Å². The number of nitrogens with two attached hydrogens (primary N) is 1. The first-order valence-electron chi connectivity index (χ1n) is 6.76. The molecule has 1 atom stereocenters. The van der Waals surface area contributed by atoms with Crippen molar-refractivity contribution in [3.8, 4) is 16.9 Å². The summed E-state index contributed by atoms with van der Waals surface area (Å²) in [5.41, 5.74) is 5.03. The summed E-state index contributed by atoms with van der Waals surface area (Å²) in [6.07, 6.45) is -5.25. The molecular weight excluding hydrogens is 391 g/mol. The van der Waals surface area contributed by atoms with Crippen LogP contribution in [0.3, 0.4) is 0 Å². The van der Waals surface area contributed by atoms with Crippen LogP contribution in [0.25, 0.3) is 11.1 Å². The van der Waals surface area contributed by atoms with Crippen LogP contribution in [-0.4, -0.2) is 17.3 Å². The Kier molecular flexibility index (Phi) is 5.19. The van der Waals surface area contributed by atoms with Gasteiger partial charge in [0.15, 0.2) is 0 Å².